The molecule has 4 nitrogen and oxygen atoms in total. The number of hydrogen-bond donors (Lipinski definition) is 2. The molecule has 0 atom stereocenters. The summed E-state index contributed by atoms with van der Waals surface area (Å²) in [6, 6.07) is 6.06. The van der Waals surface area contributed by atoms with Gasteiger partial charge in [-0.25, -0.2) is 0 Å². The van der Waals surface area contributed by atoms with Gasteiger partial charge >= 0.3 is 0 Å². The van der Waals surface area contributed by atoms with Crippen molar-refractivity contribution in [3.05, 3.63) is 46.3 Å². The molecular weight excluding hydrogens is 250 g/mol. The molecule has 0 aliphatic heterocycles. The van der Waals surface area contributed by atoms with E-state index in [4.69, 9.17) is 0 Å². The first-order chi connectivity index (χ1) is 9.45. The Hall–Kier alpha value is -2.10. The van der Waals surface area contributed by atoms with Gasteiger partial charge in [-0.3, -0.25) is 9.89 Å². The third-order valence-electron chi connectivity index (χ3n) is 3.39. The van der Waals surface area contributed by atoms with Gasteiger partial charge in [0.1, 0.15) is 0 Å². The second kappa shape index (κ2) is 5.90. The number of anilines is 1. The van der Waals surface area contributed by atoms with Crippen molar-refractivity contribution in [1.82, 2.24) is 10.2 Å². The molecular formula is C16H21N3O. The molecule has 2 N–H and O–H groups in total. The molecule has 0 fully saturated rings. The summed E-state index contributed by atoms with van der Waals surface area (Å²) >= 11 is 0. The van der Waals surface area contributed by atoms with Crippen molar-refractivity contribution >= 4 is 11.6 Å². The summed E-state index contributed by atoms with van der Waals surface area (Å²) in [7, 11) is 0. The van der Waals surface area contributed by atoms with E-state index >= 15 is 0 Å². The molecule has 4 heteroatoms. The normalized spacial score (nSPS) is 10.6. The maximum absolute atomic E-state index is 12.0. The minimum Gasteiger partial charge on any atom is -0.326 e. The summed E-state index contributed by atoms with van der Waals surface area (Å²) in [6.07, 6.45) is 1.18. The van der Waals surface area contributed by atoms with Crippen LogP contribution in [0.5, 0.6) is 0 Å². The first-order valence-corrected chi connectivity index (χ1v) is 6.84. The summed E-state index contributed by atoms with van der Waals surface area (Å²) in [4.78, 5) is 12.0. The van der Waals surface area contributed by atoms with E-state index in [0.29, 0.717) is 12.8 Å². The number of benzene rings is 1. The van der Waals surface area contributed by atoms with E-state index in [0.717, 1.165) is 33.8 Å². The molecule has 0 bridgehead atoms. The topological polar surface area (TPSA) is 57.8 Å². The van der Waals surface area contributed by atoms with Crippen LogP contribution in [0.3, 0.4) is 0 Å². The molecule has 1 aromatic carbocycles. The van der Waals surface area contributed by atoms with Crippen molar-refractivity contribution in [2.75, 3.05) is 5.32 Å². The SMILES string of the molecule is Cc1cc(C)cc(NC(=O)CCc2c(C)n[nH]c2C)c1. The Kier molecular flexibility index (Phi) is 4.23. The van der Waals surface area contributed by atoms with E-state index in [1.54, 1.807) is 0 Å². The molecule has 1 amide bonds. The fourth-order valence-electron chi connectivity index (χ4n) is 2.45. The molecule has 0 unspecified atom stereocenters. The second-order valence-corrected chi connectivity index (χ2v) is 5.34. The molecule has 0 saturated carbocycles. The Morgan fingerprint density at radius 2 is 1.80 bits per heavy atom. The number of amides is 1. The second-order valence-electron chi connectivity index (χ2n) is 5.34. The quantitative estimate of drug-likeness (QED) is 0.897. The van der Waals surface area contributed by atoms with Crippen LogP contribution in [0.4, 0.5) is 5.69 Å². The van der Waals surface area contributed by atoms with Crippen LogP contribution in [0, 0.1) is 27.7 Å². The standard InChI is InChI=1S/C16H21N3O/c1-10-7-11(2)9-14(8-10)17-16(20)6-5-15-12(3)18-19-13(15)4/h7-9H,5-6H2,1-4H3,(H,17,20)(H,18,19). The van der Waals surface area contributed by atoms with Crippen LogP contribution < -0.4 is 5.32 Å². The molecule has 106 valence electrons. The highest BCUT2D eigenvalue weighted by molar-refractivity contribution is 5.91. The number of carbonyl (C=O) groups is 1. The summed E-state index contributed by atoms with van der Waals surface area (Å²) in [5.74, 6) is 0.0370. The van der Waals surface area contributed by atoms with Gasteiger partial charge in [0.25, 0.3) is 0 Å². The molecule has 0 aliphatic carbocycles. The largest absolute Gasteiger partial charge is 0.326 e. The zero-order valence-corrected chi connectivity index (χ0v) is 12.5. The smallest absolute Gasteiger partial charge is 0.224 e. The van der Waals surface area contributed by atoms with Crippen molar-refractivity contribution < 1.29 is 4.79 Å². The van der Waals surface area contributed by atoms with Crippen LogP contribution in [0.2, 0.25) is 0 Å². The Labute approximate surface area is 119 Å². The Balaban J connectivity index is 1.96. The monoisotopic (exact) mass is 271 g/mol. The van der Waals surface area contributed by atoms with Crippen molar-refractivity contribution in [2.24, 2.45) is 0 Å². The van der Waals surface area contributed by atoms with E-state index in [9.17, 15) is 4.79 Å². The first-order valence-electron chi connectivity index (χ1n) is 6.84. The Bertz CT molecular complexity index is 589. The summed E-state index contributed by atoms with van der Waals surface area (Å²) < 4.78 is 0. The van der Waals surface area contributed by atoms with Gasteiger partial charge in [0.05, 0.1) is 5.69 Å². The van der Waals surface area contributed by atoms with Crippen molar-refractivity contribution in [2.45, 2.75) is 40.5 Å². The molecule has 1 heterocycles. The predicted molar refractivity (Wildman–Crippen MR) is 80.9 cm³/mol. The number of aromatic nitrogens is 2. The van der Waals surface area contributed by atoms with E-state index in [1.807, 2.05) is 39.8 Å². The van der Waals surface area contributed by atoms with Crippen LogP contribution in [0.25, 0.3) is 0 Å². The lowest BCUT2D eigenvalue weighted by Crippen LogP contribution is -2.13. The van der Waals surface area contributed by atoms with Crippen LogP contribution in [0.15, 0.2) is 18.2 Å². The Morgan fingerprint density at radius 1 is 1.15 bits per heavy atom. The van der Waals surface area contributed by atoms with E-state index in [-0.39, 0.29) is 5.91 Å². The van der Waals surface area contributed by atoms with Crippen LogP contribution in [-0.4, -0.2) is 16.1 Å². The molecule has 0 radical (unpaired) electrons. The van der Waals surface area contributed by atoms with Gasteiger partial charge in [0.2, 0.25) is 5.91 Å². The molecule has 20 heavy (non-hydrogen) atoms. The van der Waals surface area contributed by atoms with Crippen molar-refractivity contribution in [1.29, 1.82) is 0 Å². The van der Waals surface area contributed by atoms with Crippen LogP contribution >= 0.6 is 0 Å². The zero-order chi connectivity index (χ0) is 14.7. The highest BCUT2D eigenvalue weighted by atomic mass is 16.1. The Morgan fingerprint density at radius 3 is 2.35 bits per heavy atom. The van der Waals surface area contributed by atoms with Gasteiger partial charge in [-0.05, 0) is 62.9 Å². The molecule has 0 saturated heterocycles. The van der Waals surface area contributed by atoms with Gasteiger partial charge in [0.15, 0.2) is 0 Å². The van der Waals surface area contributed by atoms with Gasteiger partial charge < -0.3 is 5.32 Å². The number of H-pyrrole nitrogens is 1. The van der Waals surface area contributed by atoms with Gasteiger partial charge in [0, 0.05) is 17.8 Å². The molecule has 2 rings (SSSR count). The maximum atomic E-state index is 12.0. The maximum Gasteiger partial charge on any atom is 0.224 e. The lowest BCUT2D eigenvalue weighted by molar-refractivity contribution is -0.116. The summed E-state index contributed by atoms with van der Waals surface area (Å²) in [5, 5.41) is 10.0. The number of aryl methyl sites for hydroxylation is 4. The average Bonchev–Trinajstić information content (AvgIpc) is 2.65. The predicted octanol–water partition coefficient (Wildman–Crippen LogP) is 3.21. The minimum atomic E-state index is 0.0370. The number of aromatic amines is 1. The van der Waals surface area contributed by atoms with Gasteiger partial charge in [-0.15, -0.1) is 0 Å². The van der Waals surface area contributed by atoms with E-state index < -0.39 is 0 Å². The molecule has 2 aromatic rings. The highest BCUT2D eigenvalue weighted by Crippen LogP contribution is 2.15. The number of carbonyl (C=O) groups excluding carboxylic acids is 1. The first kappa shape index (κ1) is 14.3. The van der Waals surface area contributed by atoms with E-state index in [1.165, 1.54) is 0 Å². The third kappa shape index (κ3) is 3.47. The number of hydrogen-bond acceptors (Lipinski definition) is 2. The van der Waals surface area contributed by atoms with Crippen molar-refractivity contribution in [3.63, 3.8) is 0 Å². The zero-order valence-electron chi connectivity index (χ0n) is 12.5. The lowest BCUT2D eigenvalue weighted by atomic mass is 10.1. The van der Waals surface area contributed by atoms with Gasteiger partial charge in [-0.2, -0.15) is 5.10 Å². The van der Waals surface area contributed by atoms with Crippen LogP contribution in [-0.2, 0) is 11.2 Å². The third-order valence-corrected chi connectivity index (χ3v) is 3.39. The van der Waals surface area contributed by atoms with Crippen LogP contribution in [0.1, 0.15) is 34.5 Å². The summed E-state index contributed by atoms with van der Waals surface area (Å²) in [5.41, 5.74) is 6.33. The fourth-order valence-corrected chi connectivity index (χ4v) is 2.45. The number of nitrogens with zero attached hydrogens (tertiary/aromatic N) is 1. The number of rotatable bonds is 4. The lowest BCUT2D eigenvalue weighted by Gasteiger charge is -2.07. The minimum absolute atomic E-state index is 0.0370. The molecule has 1 aromatic heterocycles. The summed E-state index contributed by atoms with van der Waals surface area (Å²) in [6.45, 7) is 8.00. The average molecular weight is 271 g/mol. The van der Waals surface area contributed by atoms with E-state index in [2.05, 4.69) is 21.6 Å². The van der Waals surface area contributed by atoms with Gasteiger partial charge in [-0.1, -0.05) is 6.07 Å². The highest BCUT2D eigenvalue weighted by Gasteiger charge is 2.09. The molecule has 0 aliphatic rings. The van der Waals surface area contributed by atoms with Crippen molar-refractivity contribution in [3.8, 4) is 0 Å². The fraction of sp³-hybridized carbons (Fsp3) is 0.375. The number of nitrogens with one attached hydrogen (secondary N) is 2. The molecule has 0 spiro atoms.